The van der Waals surface area contributed by atoms with Crippen LogP contribution in [0.15, 0.2) is 23.1 Å². The molecule has 2 rings (SSSR count). The minimum absolute atomic E-state index is 0.0668. The highest BCUT2D eigenvalue weighted by molar-refractivity contribution is 5.75. The number of hydrogen-bond acceptors (Lipinski definition) is 4. The third-order valence-corrected chi connectivity index (χ3v) is 2.25. The highest BCUT2D eigenvalue weighted by Crippen LogP contribution is 2.11. The molecule has 0 aromatic carbocycles. The van der Waals surface area contributed by atoms with Crippen LogP contribution in [-0.2, 0) is 6.54 Å². The smallest absolute Gasteiger partial charge is 0.234 e. The quantitative estimate of drug-likeness (QED) is 0.728. The molecule has 0 aliphatic rings. The maximum absolute atomic E-state index is 11.6. The van der Waals surface area contributed by atoms with Crippen molar-refractivity contribution in [3.8, 4) is 5.88 Å². The van der Waals surface area contributed by atoms with E-state index in [-0.39, 0.29) is 5.43 Å². The van der Waals surface area contributed by atoms with Crippen molar-refractivity contribution in [2.24, 2.45) is 0 Å². The summed E-state index contributed by atoms with van der Waals surface area (Å²) in [5, 5.41) is 8.35. The molecule has 0 saturated carbocycles. The fourth-order valence-electron chi connectivity index (χ4n) is 1.43. The standard InChI is InChI=1S/C10H11N3O2/c1-3-13-5-4-8(14)7-6-9(15-2)11-12-10(7)13/h4-6H,3H2,1-2H3. The molecule has 78 valence electrons. The van der Waals surface area contributed by atoms with E-state index in [9.17, 15) is 4.79 Å². The first kappa shape index (κ1) is 9.64. The van der Waals surface area contributed by atoms with E-state index < -0.39 is 0 Å². The van der Waals surface area contributed by atoms with Gasteiger partial charge in [-0.25, -0.2) is 0 Å². The van der Waals surface area contributed by atoms with Gasteiger partial charge < -0.3 is 9.30 Å². The van der Waals surface area contributed by atoms with Gasteiger partial charge in [0.05, 0.1) is 12.5 Å². The van der Waals surface area contributed by atoms with Gasteiger partial charge in [0.25, 0.3) is 0 Å². The zero-order chi connectivity index (χ0) is 10.8. The van der Waals surface area contributed by atoms with Crippen molar-refractivity contribution in [3.63, 3.8) is 0 Å². The summed E-state index contributed by atoms with van der Waals surface area (Å²) in [5.74, 6) is 0.355. The monoisotopic (exact) mass is 205 g/mol. The summed E-state index contributed by atoms with van der Waals surface area (Å²) in [7, 11) is 1.50. The molecule has 0 saturated heterocycles. The third kappa shape index (κ3) is 1.56. The lowest BCUT2D eigenvalue weighted by Crippen LogP contribution is -2.09. The minimum atomic E-state index is -0.0668. The molecule has 0 atom stereocenters. The van der Waals surface area contributed by atoms with Crippen LogP contribution in [0.2, 0.25) is 0 Å². The molecule has 15 heavy (non-hydrogen) atoms. The number of nitrogens with zero attached hydrogens (tertiary/aromatic N) is 3. The van der Waals surface area contributed by atoms with Gasteiger partial charge in [-0.2, -0.15) is 0 Å². The van der Waals surface area contributed by atoms with E-state index in [0.717, 1.165) is 6.54 Å². The topological polar surface area (TPSA) is 57.0 Å². The lowest BCUT2D eigenvalue weighted by Gasteiger charge is -2.06. The molecule has 0 aliphatic heterocycles. The van der Waals surface area contributed by atoms with E-state index in [2.05, 4.69) is 10.2 Å². The van der Waals surface area contributed by atoms with Crippen LogP contribution >= 0.6 is 0 Å². The molecule has 0 aliphatic carbocycles. The number of hydrogen-bond donors (Lipinski definition) is 0. The van der Waals surface area contributed by atoms with Crippen molar-refractivity contribution < 1.29 is 4.74 Å². The highest BCUT2D eigenvalue weighted by atomic mass is 16.5. The van der Waals surface area contributed by atoms with Crippen molar-refractivity contribution in [1.29, 1.82) is 0 Å². The SMILES string of the molecule is CCn1ccc(=O)c2cc(OC)nnc21. The second kappa shape index (κ2) is 3.68. The number of aromatic nitrogens is 3. The highest BCUT2D eigenvalue weighted by Gasteiger charge is 2.05. The van der Waals surface area contributed by atoms with Crippen molar-refractivity contribution in [1.82, 2.24) is 14.8 Å². The molecule has 5 heteroatoms. The van der Waals surface area contributed by atoms with Crippen LogP contribution in [0.1, 0.15) is 6.92 Å². The Balaban J connectivity index is 2.81. The first-order chi connectivity index (χ1) is 7.26. The van der Waals surface area contributed by atoms with E-state index in [4.69, 9.17) is 4.74 Å². The molecule has 0 spiro atoms. The number of methoxy groups -OCH3 is 1. The van der Waals surface area contributed by atoms with Crippen molar-refractivity contribution >= 4 is 11.0 Å². The summed E-state index contributed by atoms with van der Waals surface area (Å²) in [6, 6.07) is 3.13. The minimum Gasteiger partial charge on any atom is -0.480 e. The fourth-order valence-corrected chi connectivity index (χ4v) is 1.43. The van der Waals surface area contributed by atoms with Gasteiger partial charge in [0.2, 0.25) is 5.88 Å². The summed E-state index contributed by atoms with van der Waals surface area (Å²) >= 11 is 0. The van der Waals surface area contributed by atoms with Crippen molar-refractivity contribution in [2.45, 2.75) is 13.5 Å². The molecule has 2 heterocycles. The molecule has 0 amide bonds. The number of fused-ring (bicyclic) bond motifs is 1. The fraction of sp³-hybridized carbons (Fsp3) is 0.300. The zero-order valence-corrected chi connectivity index (χ0v) is 8.60. The van der Waals surface area contributed by atoms with Gasteiger partial charge in [0.1, 0.15) is 0 Å². The average Bonchev–Trinajstić information content (AvgIpc) is 2.29. The van der Waals surface area contributed by atoms with Gasteiger partial charge in [-0.3, -0.25) is 4.79 Å². The predicted octanol–water partition coefficient (Wildman–Crippen LogP) is 0.820. The Labute approximate surface area is 86.3 Å². The van der Waals surface area contributed by atoms with Crippen LogP contribution in [0.3, 0.4) is 0 Å². The van der Waals surface area contributed by atoms with Gasteiger partial charge in [-0.1, -0.05) is 0 Å². The van der Waals surface area contributed by atoms with Gasteiger partial charge in [-0.15, -0.1) is 10.2 Å². The maximum atomic E-state index is 11.6. The molecule has 5 nitrogen and oxygen atoms in total. The normalized spacial score (nSPS) is 10.5. The van der Waals surface area contributed by atoms with E-state index in [0.29, 0.717) is 16.9 Å². The summed E-state index contributed by atoms with van der Waals surface area (Å²) in [6.07, 6.45) is 1.71. The molecular weight excluding hydrogens is 194 g/mol. The number of ether oxygens (including phenoxy) is 1. The predicted molar refractivity (Wildman–Crippen MR) is 56.0 cm³/mol. The van der Waals surface area contributed by atoms with Crippen LogP contribution in [0.25, 0.3) is 11.0 Å². The Morgan fingerprint density at radius 2 is 2.27 bits per heavy atom. The Hall–Kier alpha value is -1.91. The van der Waals surface area contributed by atoms with Crippen LogP contribution in [-0.4, -0.2) is 21.9 Å². The summed E-state index contributed by atoms with van der Waals surface area (Å²) < 4.78 is 6.79. The lowest BCUT2D eigenvalue weighted by atomic mass is 10.3. The second-order valence-electron chi connectivity index (χ2n) is 3.09. The van der Waals surface area contributed by atoms with Gasteiger partial charge in [-0.05, 0) is 6.92 Å². The van der Waals surface area contributed by atoms with Crippen LogP contribution in [0.4, 0.5) is 0 Å². The molecule has 2 aromatic heterocycles. The first-order valence-corrected chi connectivity index (χ1v) is 4.67. The van der Waals surface area contributed by atoms with Crippen LogP contribution in [0.5, 0.6) is 5.88 Å². The zero-order valence-electron chi connectivity index (χ0n) is 8.60. The molecule has 0 radical (unpaired) electrons. The molecule has 0 fully saturated rings. The Kier molecular flexibility index (Phi) is 2.37. The van der Waals surface area contributed by atoms with Gasteiger partial charge >= 0.3 is 0 Å². The molecule has 0 unspecified atom stereocenters. The second-order valence-corrected chi connectivity index (χ2v) is 3.09. The molecular formula is C10H11N3O2. The Morgan fingerprint density at radius 1 is 1.47 bits per heavy atom. The molecule has 0 bridgehead atoms. The van der Waals surface area contributed by atoms with Crippen LogP contribution < -0.4 is 10.2 Å². The number of pyridine rings is 1. The van der Waals surface area contributed by atoms with Crippen LogP contribution in [0, 0.1) is 0 Å². The lowest BCUT2D eigenvalue weighted by molar-refractivity contribution is 0.393. The van der Waals surface area contributed by atoms with Gasteiger partial charge in [0.15, 0.2) is 11.1 Å². The Morgan fingerprint density at radius 3 is 2.93 bits per heavy atom. The molecule has 2 aromatic rings. The number of aryl methyl sites for hydroxylation is 1. The van der Waals surface area contributed by atoms with E-state index in [1.54, 1.807) is 12.3 Å². The van der Waals surface area contributed by atoms with Crippen molar-refractivity contribution in [2.75, 3.05) is 7.11 Å². The van der Waals surface area contributed by atoms with E-state index in [1.165, 1.54) is 13.2 Å². The summed E-state index contributed by atoms with van der Waals surface area (Å²) in [4.78, 5) is 11.6. The van der Waals surface area contributed by atoms with E-state index in [1.807, 2.05) is 11.5 Å². The maximum Gasteiger partial charge on any atom is 0.234 e. The van der Waals surface area contributed by atoms with E-state index >= 15 is 0 Å². The van der Waals surface area contributed by atoms with Gasteiger partial charge in [0, 0.05) is 24.9 Å². The number of rotatable bonds is 2. The average molecular weight is 205 g/mol. The summed E-state index contributed by atoms with van der Waals surface area (Å²) in [6.45, 7) is 2.73. The third-order valence-electron chi connectivity index (χ3n) is 2.25. The Bertz CT molecular complexity index is 548. The van der Waals surface area contributed by atoms with Crippen molar-refractivity contribution in [3.05, 3.63) is 28.6 Å². The summed E-state index contributed by atoms with van der Waals surface area (Å²) in [5.41, 5.74) is 0.522. The molecule has 0 N–H and O–H groups in total. The first-order valence-electron chi connectivity index (χ1n) is 4.67. The largest absolute Gasteiger partial charge is 0.480 e.